The van der Waals surface area contributed by atoms with Crippen LogP contribution in [0, 0.1) is 42.4 Å². The molecule has 0 unspecified atom stereocenters. The first-order valence-electron chi connectivity index (χ1n) is 28.1. The first-order valence-corrected chi connectivity index (χ1v) is 29.6. The lowest BCUT2D eigenvalue weighted by Crippen LogP contribution is -2.61. The molecule has 3 fully saturated rings. The van der Waals surface area contributed by atoms with Crippen molar-refractivity contribution in [1.29, 1.82) is 0 Å². The smallest absolute Gasteiger partial charge is 0.329 e. The fourth-order valence-corrected chi connectivity index (χ4v) is 12.9. The second-order valence-electron chi connectivity index (χ2n) is 22.6. The van der Waals surface area contributed by atoms with E-state index in [1.54, 1.807) is 72.3 Å². The molecule has 0 spiro atoms. The number of carbonyl (C=O) groups excluding carboxylic acids is 5. The van der Waals surface area contributed by atoms with Crippen molar-refractivity contribution in [3.63, 3.8) is 0 Å². The van der Waals surface area contributed by atoms with Gasteiger partial charge in [0.25, 0.3) is 11.7 Å². The van der Waals surface area contributed by atoms with Crippen molar-refractivity contribution >= 4 is 39.2 Å². The van der Waals surface area contributed by atoms with Crippen LogP contribution in [-0.2, 0) is 62.4 Å². The molecule has 3 aliphatic heterocycles. The maximum atomic E-state index is 14.6. The highest BCUT2D eigenvalue weighted by Gasteiger charge is 2.53. The highest BCUT2D eigenvalue weighted by molar-refractivity contribution is 7.89. The number of benzene rings is 1. The predicted molar refractivity (Wildman–Crippen MR) is 295 cm³/mol. The SMILES string of the molecule is CO[C@H]1C[C@@H]2CC[C@@H](C)[C@@](O)(O2)C(=O)C(=O)N2CCCC[C@H]2C(=O)O[C@H]([C@H](C)C[C@H]2CC[C@@H](OCCNS(=O)(=O)c3ccccc3C)[C@H](OC)C2)CC(=O)[C@H](C)/C=C(\C)[C@@H](O)[C@@H](OC)C(=O)[C@H](C)C[C@H](C)/C=C/C=C/C=C/1C. The summed E-state index contributed by atoms with van der Waals surface area (Å²) in [6.45, 7) is 14.6. The maximum absolute atomic E-state index is 14.6. The number of hydrogen-bond acceptors (Lipinski definition) is 15. The normalized spacial score (nSPS) is 35.8. The molecule has 1 aromatic rings. The van der Waals surface area contributed by atoms with E-state index >= 15 is 0 Å². The third-order valence-corrected chi connectivity index (χ3v) is 18.2. The molecule has 1 saturated carbocycles. The Bertz CT molecular complexity index is 2440. The molecular weight excluding hydrogens is 1020 g/mol. The average Bonchev–Trinajstić information content (AvgIpc) is 3.45. The van der Waals surface area contributed by atoms with Crippen LogP contribution in [0.25, 0.3) is 0 Å². The maximum Gasteiger partial charge on any atom is 0.329 e. The lowest BCUT2D eigenvalue weighted by molar-refractivity contribution is -0.265. The van der Waals surface area contributed by atoms with Crippen LogP contribution in [0.15, 0.2) is 76.8 Å². The van der Waals surface area contributed by atoms with E-state index in [1.807, 2.05) is 58.1 Å². The molecule has 78 heavy (non-hydrogen) atoms. The summed E-state index contributed by atoms with van der Waals surface area (Å²) in [5.41, 5.74) is 1.87. The number of fused-ring (bicyclic) bond motifs is 3. The van der Waals surface area contributed by atoms with Crippen molar-refractivity contribution in [2.75, 3.05) is 41.0 Å². The summed E-state index contributed by atoms with van der Waals surface area (Å²) in [6, 6.07) is 5.57. The van der Waals surface area contributed by atoms with Gasteiger partial charge in [-0.1, -0.05) is 89.3 Å². The monoisotopic (exact) mass is 1110 g/mol. The molecule has 3 N–H and O–H groups in total. The number of aryl methyl sites for hydroxylation is 1. The van der Waals surface area contributed by atoms with Gasteiger partial charge in [-0.15, -0.1) is 0 Å². The molecule has 17 nitrogen and oxygen atoms in total. The molecule has 0 aromatic heterocycles. The summed E-state index contributed by atoms with van der Waals surface area (Å²) >= 11 is 0. The number of sulfonamides is 1. The quantitative estimate of drug-likeness (QED) is 0.0797. The minimum atomic E-state index is -3.74. The average molecular weight is 1110 g/mol. The molecule has 5 rings (SSSR count). The molecule has 2 bridgehead atoms. The van der Waals surface area contributed by atoms with E-state index < -0.39 is 93.7 Å². The number of allylic oxidation sites excluding steroid dienone is 6. The number of nitrogens with zero attached hydrogens (tertiary/aromatic N) is 1. The van der Waals surface area contributed by atoms with Crippen LogP contribution < -0.4 is 4.72 Å². The Morgan fingerprint density at radius 2 is 1.58 bits per heavy atom. The number of carbonyl (C=O) groups is 5. The summed E-state index contributed by atoms with van der Waals surface area (Å²) in [4.78, 5) is 73.0. The number of ether oxygens (including phenoxy) is 6. The number of aliphatic hydroxyl groups is 2. The van der Waals surface area contributed by atoms with Gasteiger partial charge in [-0.25, -0.2) is 17.9 Å². The van der Waals surface area contributed by atoms with Gasteiger partial charge >= 0.3 is 5.97 Å². The number of piperidine rings is 1. The van der Waals surface area contributed by atoms with E-state index in [1.165, 1.54) is 12.0 Å². The molecule has 15 atom stereocenters. The lowest BCUT2D eigenvalue weighted by atomic mass is 9.78. The molecule has 18 heteroatoms. The molecule has 1 aliphatic carbocycles. The van der Waals surface area contributed by atoms with E-state index in [0.29, 0.717) is 75.3 Å². The Morgan fingerprint density at radius 1 is 0.846 bits per heavy atom. The zero-order valence-corrected chi connectivity index (χ0v) is 48.8. The predicted octanol–water partition coefficient (Wildman–Crippen LogP) is 7.49. The Morgan fingerprint density at radius 3 is 2.27 bits per heavy atom. The van der Waals surface area contributed by atoms with Gasteiger partial charge in [0.1, 0.15) is 30.1 Å². The number of aliphatic hydroxyl groups excluding tert-OH is 1. The van der Waals surface area contributed by atoms with Gasteiger partial charge in [0.15, 0.2) is 5.78 Å². The van der Waals surface area contributed by atoms with Crippen LogP contribution in [0.3, 0.4) is 0 Å². The van der Waals surface area contributed by atoms with Gasteiger partial charge < -0.3 is 43.5 Å². The number of hydrogen-bond donors (Lipinski definition) is 3. The molecule has 0 radical (unpaired) electrons. The van der Waals surface area contributed by atoms with E-state index in [9.17, 15) is 42.6 Å². The van der Waals surface area contributed by atoms with Crippen molar-refractivity contribution in [3.8, 4) is 0 Å². The van der Waals surface area contributed by atoms with Gasteiger partial charge in [0.2, 0.25) is 15.8 Å². The summed E-state index contributed by atoms with van der Waals surface area (Å²) in [7, 11) is 0.806. The van der Waals surface area contributed by atoms with Gasteiger partial charge in [0.05, 0.1) is 35.9 Å². The zero-order valence-electron chi connectivity index (χ0n) is 48.0. The highest BCUT2D eigenvalue weighted by atomic mass is 32.2. The second-order valence-corrected chi connectivity index (χ2v) is 24.3. The third kappa shape index (κ3) is 17.1. The van der Waals surface area contributed by atoms with Crippen LogP contribution in [-0.4, -0.2) is 148 Å². The molecular formula is C60H90N2O15S. The molecule has 1 aromatic carbocycles. The van der Waals surface area contributed by atoms with Crippen molar-refractivity contribution in [3.05, 3.63) is 77.4 Å². The number of ketones is 3. The molecule has 436 valence electrons. The van der Waals surface area contributed by atoms with Crippen LogP contribution in [0.1, 0.15) is 131 Å². The summed E-state index contributed by atoms with van der Waals surface area (Å²) < 4.78 is 64.7. The number of nitrogens with one attached hydrogen (secondary N) is 1. The van der Waals surface area contributed by atoms with Crippen molar-refractivity contribution in [1.82, 2.24) is 9.62 Å². The topological polar surface area (TPSA) is 231 Å². The second kappa shape index (κ2) is 30.0. The minimum Gasteiger partial charge on any atom is -0.460 e. The number of methoxy groups -OCH3 is 3. The molecule has 4 aliphatic rings. The molecule has 2 saturated heterocycles. The Kier molecular flexibility index (Phi) is 24.8. The largest absolute Gasteiger partial charge is 0.460 e. The fourth-order valence-electron chi connectivity index (χ4n) is 11.6. The third-order valence-electron chi connectivity index (χ3n) is 16.6. The van der Waals surface area contributed by atoms with E-state index in [2.05, 4.69) is 4.72 Å². The van der Waals surface area contributed by atoms with E-state index in [0.717, 1.165) is 5.57 Å². The zero-order chi connectivity index (χ0) is 57.5. The van der Waals surface area contributed by atoms with Gasteiger partial charge in [0, 0.05) is 65.0 Å². The van der Waals surface area contributed by atoms with Crippen LogP contribution in [0.4, 0.5) is 0 Å². The molecule has 1 amide bonds. The fraction of sp³-hybridized carbons (Fsp3) is 0.683. The van der Waals surface area contributed by atoms with Crippen molar-refractivity contribution in [2.45, 2.75) is 192 Å². The van der Waals surface area contributed by atoms with Crippen molar-refractivity contribution < 1.29 is 71.0 Å². The molecule has 3 heterocycles. The number of Topliss-reactive ketones (excluding diaryl/α,β-unsaturated/α-hetero) is 3. The summed E-state index contributed by atoms with van der Waals surface area (Å²) in [5, 5.41) is 23.6. The van der Waals surface area contributed by atoms with Crippen LogP contribution >= 0.6 is 0 Å². The summed E-state index contributed by atoms with van der Waals surface area (Å²) in [5.74, 6) is -8.34. The van der Waals surface area contributed by atoms with Gasteiger partial charge in [-0.2, -0.15) is 0 Å². The first-order chi connectivity index (χ1) is 36.9. The number of rotatable bonds is 12. The van der Waals surface area contributed by atoms with Crippen LogP contribution in [0.5, 0.6) is 0 Å². The Balaban J connectivity index is 1.40. The Labute approximate surface area is 464 Å². The lowest BCUT2D eigenvalue weighted by Gasteiger charge is -2.42. The van der Waals surface area contributed by atoms with Gasteiger partial charge in [-0.05, 0) is 126 Å². The van der Waals surface area contributed by atoms with Gasteiger partial charge in [-0.3, -0.25) is 19.2 Å². The number of amides is 1. The Hall–Kier alpha value is -4.24. The highest BCUT2D eigenvalue weighted by Crippen LogP contribution is 2.38. The number of esters is 1. The van der Waals surface area contributed by atoms with E-state index in [-0.39, 0.29) is 73.0 Å². The number of cyclic esters (lactones) is 1. The van der Waals surface area contributed by atoms with E-state index in [4.69, 9.17) is 28.4 Å². The van der Waals surface area contributed by atoms with Crippen molar-refractivity contribution in [2.24, 2.45) is 35.5 Å². The standard InChI is InChI=1S/C60H90N2O15S/c1-37-19-13-12-14-20-38(2)50(72-9)35-46-26-24-44(8)60(69,77-46)57(66)58(67)62-29-18-17-22-47(62)59(68)76-51(36-48(63)40(4)32-43(7)55(65)56(74-11)54(64)42(6)31-37)41(5)33-45-25-27-49(52(34-45)73-10)75-30-28-61-78(70,71)53-23-16-15-21-39(53)3/h12-16,19-21,23,32,37,40-42,44-47,49-52,55-56,61,65,69H,17-18,22,24-31,33-36H2,1-11H3/b14-12+,19-13+,38-20+,43-32+/t37-,40-,41-,42-,44-,45-,46+,47+,49-,50+,51+,52-,55-,56+,60-/m1/s1. The minimum absolute atomic E-state index is 0.00191. The summed E-state index contributed by atoms with van der Waals surface area (Å²) in [6.07, 6.45) is 11.1. The van der Waals surface area contributed by atoms with Crippen LogP contribution in [0.2, 0.25) is 0 Å². The first kappa shape index (κ1) is 64.6.